The molecule has 3 aromatic rings. The van der Waals surface area contributed by atoms with Crippen molar-refractivity contribution < 1.29 is 14.3 Å². The zero-order chi connectivity index (χ0) is 22.1. The first-order valence-corrected chi connectivity index (χ1v) is 9.50. The minimum absolute atomic E-state index is 0.299. The third kappa shape index (κ3) is 4.13. The SMILES string of the molecule is C[C@H](O)[C@@](C)(N)C(=O)N[C@H](C#N)Cc1ccc(-c2ccc3oc(=O)n(C)c3c2)cc1. The highest BCUT2D eigenvalue weighted by molar-refractivity contribution is 5.86. The third-order valence-electron chi connectivity index (χ3n) is 5.34. The molecule has 4 N–H and O–H groups in total. The second kappa shape index (κ2) is 8.14. The van der Waals surface area contributed by atoms with E-state index in [9.17, 15) is 20.0 Å². The Morgan fingerprint density at radius 1 is 1.30 bits per heavy atom. The first kappa shape index (κ1) is 21.3. The Morgan fingerprint density at radius 3 is 2.53 bits per heavy atom. The molecule has 8 heteroatoms. The molecule has 1 heterocycles. The van der Waals surface area contributed by atoms with E-state index in [1.807, 2.05) is 36.4 Å². The van der Waals surface area contributed by atoms with Gasteiger partial charge in [0.15, 0.2) is 5.58 Å². The highest BCUT2D eigenvalue weighted by Gasteiger charge is 2.34. The number of nitriles is 1. The number of hydrogen-bond donors (Lipinski definition) is 3. The van der Waals surface area contributed by atoms with Crippen molar-refractivity contribution in [3.8, 4) is 17.2 Å². The predicted octanol–water partition coefficient (Wildman–Crippen LogP) is 1.45. The Bertz CT molecular complexity index is 1170. The van der Waals surface area contributed by atoms with Crippen molar-refractivity contribution in [1.82, 2.24) is 9.88 Å². The van der Waals surface area contributed by atoms with Gasteiger partial charge in [-0.15, -0.1) is 0 Å². The van der Waals surface area contributed by atoms with Crippen LogP contribution in [0.1, 0.15) is 19.4 Å². The van der Waals surface area contributed by atoms with E-state index < -0.39 is 29.3 Å². The number of aliphatic hydroxyl groups excluding tert-OH is 1. The maximum Gasteiger partial charge on any atom is 0.419 e. The maximum atomic E-state index is 12.3. The number of carbonyl (C=O) groups is 1. The van der Waals surface area contributed by atoms with Gasteiger partial charge in [-0.2, -0.15) is 5.26 Å². The van der Waals surface area contributed by atoms with E-state index in [4.69, 9.17) is 10.2 Å². The Hall–Kier alpha value is -3.41. The van der Waals surface area contributed by atoms with Crippen LogP contribution in [0.4, 0.5) is 0 Å². The fourth-order valence-corrected chi connectivity index (χ4v) is 3.01. The molecule has 1 aromatic heterocycles. The van der Waals surface area contributed by atoms with E-state index in [0.717, 1.165) is 16.7 Å². The Morgan fingerprint density at radius 2 is 1.93 bits per heavy atom. The summed E-state index contributed by atoms with van der Waals surface area (Å²) in [5, 5.41) is 21.6. The number of amides is 1. The van der Waals surface area contributed by atoms with Crippen molar-refractivity contribution in [2.24, 2.45) is 12.8 Å². The number of aliphatic hydroxyl groups is 1. The molecule has 2 aromatic carbocycles. The van der Waals surface area contributed by atoms with Gasteiger partial charge < -0.3 is 20.6 Å². The van der Waals surface area contributed by atoms with Crippen molar-refractivity contribution in [2.45, 2.75) is 38.0 Å². The fraction of sp³-hybridized carbons (Fsp3) is 0.318. The van der Waals surface area contributed by atoms with Gasteiger partial charge in [-0.1, -0.05) is 30.3 Å². The summed E-state index contributed by atoms with van der Waals surface area (Å²) in [5.41, 5.74) is 8.31. The van der Waals surface area contributed by atoms with Crippen LogP contribution < -0.4 is 16.8 Å². The first-order valence-electron chi connectivity index (χ1n) is 9.50. The number of rotatable bonds is 6. The number of aryl methyl sites for hydroxylation is 1. The lowest BCUT2D eigenvalue weighted by Crippen LogP contribution is -2.60. The van der Waals surface area contributed by atoms with Gasteiger partial charge in [0.05, 0.1) is 17.7 Å². The van der Waals surface area contributed by atoms with E-state index in [1.54, 1.807) is 13.1 Å². The molecule has 3 rings (SSSR count). The highest BCUT2D eigenvalue weighted by Crippen LogP contribution is 2.24. The molecule has 30 heavy (non-hydrogen) atoms. The molecule has 0 fully saturated rings. The van der Waals surface area contributed by atoms with Gasteiger partial charge in [-0.25, -0.2) is 4.79 Å². The van der Waals surface area contributed by atoms with E-state index >= 15 is 0 Å². The second-order valence-electron chi connectivity index (χ2n) is 7.62. The van der Waals surface area contributed by atoms with Crippen LogP contribution in [0.3, 0.4) is 0 Å². The molecule has 0 aliphatic carbocycles. The molecule has 8 nitrogen and oxygen atoms in total. The predicted molar refractivity (Wildman–Crippen MR) is 112 cm³/mol. The molecule has 0 saturated carbocycles. The highest BCUT2D eigenvalue weighted by atomic mass is 16.4. The Kier molecular flexibility index (Phi) is 5.78. The van der Waals surface area contributed by atoms with Crippen LogP contribution in [0.25, 0.3) is 22.2 Å². The van der Waals surface area contributed by atoms with Gasteiger partial charge in [-0.05, 0) is 42.7 Å². The van der Waals surface area contributed by atoms with Crippen molar-refractivity contribution in [3.05, 3.63) is 58.6 Å². The Balaban J connectivity index is 1.75. The molecule has 156 valence electrons. The second-order valence-corrected chi connectivity index (χ2v) is 7.62. The lowest BCUT2D eigenvalue weighted by molar-refractivity contribution is -0.129. The molecule has 0 spiro atoms. The summed E-state index contributed by atoms with van der Waals surface area (Å²) < 4.78 is 6.60. The van der Waals surface area contributed by atoms with Crippen LogP contribution in [-0.2, 0) is 18.3 Å². The molecule has 3 atom stereocenters. The standard InChI is InChI=1S/C22H24N4O4/c1-13(27)22(2,24)20(28)25-17(12-23)10-14-4-6-15(7-5-14)16-8-9-19-18(11-16)26(3)21(29)30-19/h4-9,11,13,17,27H,10,24H2,1-3H3,(H,25,28)/t13-,17-,22+/m0/s1. The lowest BCUT2D eigenvalue weighted by atomic mass is 9.95. The lowest BCUT2D eigenvalue weighted by Gasteiger charge is -2.27. The van der Waals surface area contributed by atoms with Crippen LogP contribution >= 0.6 is 0 Å². The summed E-state index contributed by atoms with van der Waals surface area (Å²) in [6.45, 7) is 2.85. The number of hydrogen-bond acceptors (Lipinski definition) is 6. The number of fused-ring (bicyclic) bond motifs is 1. The van der Waals surface area contributed by atoms with Gasteiger partial charge in [0.1, 0.15) is 11.6 Å². The zero-order valence-corrected chi connectivity index (χ0v) is 17.0. The van der Waals surface area contributed by atoms with E-state index in [-0.39, 0.29) is 0 Å². The van der Waals surface area contributed by atoms with Gasteiger partial charge in [-0.3, -0.25) is 9.36 Å². The summed E-state index contributed by atoms with van der Waals surface area (Å²) in [4.78, 5) is 23.9. The number of nitrogens with one attached hydrogen (secondary N) is 1. The molecule has 0 radical (unpaired) electrons. The number of nitrogens with two attached hydrogens (primary N) is 1. The van der Waals surface area contributed by atoms with Gasteiger partial charge in [0.2, 0.25) is 5.91 Å². The molecule has 1 amide bonds. The Labute approximate surface area is 173 Å². The van der Waals surface area contributed by atoms with Crippen LogP contribution in [0.15, 0.2) is 51.7 Å². The van der Waals surface area contributed by atoms with Crippen molar-refractivity contribution in [1.29, 1.82) is 5.26 Å². The van der Waals surface area contributed by atoms with Crippen molar-refractivity contribution in [3.63, 3.8) is 0 Å². The van der Waals surface area contributed by atoms with Crippen molar-refractivity contribution >= 4 is 17.0 Å². The number of aromatic nitrogens is 1. The summed E-state index contributed by atoms with van der Waals surface area (Å²) in [6, 6.07) is 14.4. The molecule has 0 bridgehead atoms. The van der Waals surface area contributed by atoms with Crippen LogP contribution in [-0.4, -0.2) is 33.3 Å². The minimum atomic E-state index is -1.48. The quantitative estimate of drug-likeness (QED) is 0.565. The molecule has 0 unspecified atom stereocenters. The fourth-order valence-electron chi connectivity index (χ4n) is 3.01. The van der Waals surface area contributed by atoms with Crippen LogP contribution in [0.2, 0.25) is 0 Å². The molecular weight excluding hydrogens is 384 g/mol. The van der Waals surface area contributed by atoms with Crippen molar-refractivity contribution in [2.75, 3.05) is 0 Å². The number of benzene rings is 2. The zero-order valence-electron chi connectivity index (χ0n) is 17.0. The molecule has 0 aliphatic heterocycles. The number of nitrogens with zero attached hydrogens (tertiary/aromatic N) is 2. The van der Waals surface area contributed by atoms with Gasteiger partial charge in [0.25, 0.3) is 0 Å². The average Bonchev–Trinajstić information content (AvgIpc) is 3.01. The third-order valence-corrected chi connectivity index (χ3v) is 5.34. The summed E-state index contributed by atoms with van der Waals surface area (Å²) in [5.74, 6) is -0.994. The van der Waals surface area contributed by atoms with Gasteiger partial charge in [0, 0.05) is 13.5 Å². The first-order chi connectivity index (χ1) is 14.1. The van der Waals surface area contributed by atoms with Crippen LogP contribution in [0, 0.1) is 11.3 Å². The van der Waals surface area contributed by atoms with Gasteiger partial charge >= 0.3 is 5.76 Å². The average molecular weight is 408 g/mol. The smallest absolute Gasteiger partial charge is 0.408 e. The summed E-state index contributed by atoms with van der Waals surface area (Å²) in [6.07, 6.45) is -0.753. The molecular formula is C22H24N4O4. The van der Waals surface area contributed by atoms with E-state index in [2.05, 4.69) is 11.4 Å². The van der Waals surface area contributed by atoms with E-state index in [1.165, 1.54) is 18.4 Å². The summed E-state index contributed by atoms with van der Waals surface area (Å²) in [7, 11) is 1.65. The molecule has 0 aliphatic rings. The summed E-state index contributed by atoms with van der Waals surface area (Å²) >= 11 is 0. The largest absolute Gasteiger partial charge is 0.419 e. The number of carbonyl (C=O) groups excluding carboxylic acids is 1. The minimum Gasteiger partial charge on any atom is -0.408 e. The van der Waals surface area contributed by atoms with E-state index in [0.29, 0.717) is 17.5 Å². The maximum absolute atomic E-state index is 12.3. The molecule has 0 saturated heterocycles. The monoisotopic (exact) mass is 408 g/mol. The topological polar surface area (TPSA) is 134 Å². The normalized spacial score (nSPS) is 15.2. The number of oxazole rings is 1. The van der Waals surface area contributed by atoms with Crippen LogP contribution in [0.5, 0.6) is 0 Å².